The Bertz CT molecular complexity index is 412. The molecule has 0 bridgehead atoms. The molecule has 1 aromatic rings. The largest absolute Gasteiger partial charge is 0.508 e. The fraction of sp³-hybridized carbons (Fsp3) is 0.429. The fourth-order valence-electron chi connectivity index (χ4n) is 1.56. The first kappa shape index (κ1) is 14.2. The van der Waals surface area contributed by atoms with Gasteiger partial charge in [0.15, 0.2) is 0 Å². The van der Waals surface area contributed by atoms with E-state index in [9.17, 15) is 9.59 Å². The number of phenols is 1. The minimum atomic E-state index is -0.127. The van der Waals surface area contributed by atoms with E-state index in [1.165, 1.54) is 6.92 Å². The molecule has 2 N–H and O–H groups in total. The van der Waals surface area contributed by atoms with Crippen LogP contribution in [0.2, 0.25) is 0 Å². The van der Waals surface area contributed by atoms with Crippen molar-refractivity contribution in [2.75, 3.05) is 6.54 Å². The minimum Gasteiger partial charge on any atom is -0.508 e. The number of aryl methyl sites for hydroxylation is 1. The summed E-state index contributed by atoms with van der Waals surface area (Å²) in [5.41, 5.74) is 1.08. The first-order valence-corrected chi connectivity index (χ1v) is 6.04. The molecule has 0 saturated heterocycles. The van der Waals surface area contributed by atoms with E-state index >= 15 is 0 Å². The Kier molecular flexibility index (Phi) is 5.36. The number of hydrogen-bond acceptors (Lipinski definition) is 3. The number of carbonyl (C=O) groups excluding carboxylic acids is 2. The van der Waals surface area contributed by atoms with Gasteiger partial charge in [-0.1, -0.05) is 19.1 Å². The zero-order chi connectivity index (χ0) is 13.5. The molecule has 0 aliphatic carbocycles. The monoisotopic (exact) mass is 249 g/mol. The third-order valence-corrected chi connectivity index (χ3v) is 2.76. The molecule has 0 radical (unpaired) electrons. The number of benzene rings is 1. The summed E-state index contributed by atoms with van der Waals surface area (Å²) >= 11 is 0. The van der Waals surface area contributed by atoms with Crippen LogP contribution >= 0.6 is 0 Å². The van der Waals surface area contributed by atoms with E-state index in [-0.39, 0.29) is 29.9 Å². The summed E-state index contributed by atoms with van der Waals surface area (Å²) in [5, 5.41) is 11.7. The summed E-state index contributed by atoms with van der Waals surface area (Å²) in [6.45, 7) is 3.39. The van der Waals surface area contributed by atoms with Gasteiger partial charge >= 0.3 is 0 Å². The lowest BCUT2D eigenvalue weighted by atomic mass is 10.0. The average Bonchev–Trinajstić information content (AvgIpc) is 2.34. The molecule has 1 atom stereocenters. The second-order valence-electron chi connectivity index (χ2n) is 4.53. The molecule has 0 spiro atoms. The minimum absolute atomic E-state index is 0.0471. The number of nitrogens with one attached hydrogen (secondary N) is 1. The smallest absolute Gasteiger partial charge is 0.223 e. The van der Waals surface area contributed by atoms with Crippen molar-refractivity contribution >= 4 is 11.7 Å². The Morgan fingerprint density at radius 3 is 2.44 bits per heavy atom. The highest BCUT2D eigenvalue weighted by molar-refractivity contribution is 5.85. The molecular formula is C14H19NO3. The molecule has 98 valence electrons. The maximum Gasteiger partial charge on any atom is 0.223 e. The molecule has 0 saturated carbocycles. The molecule has 4 nitrogen and oxygen atoms in total. The first-order chi connectivity index (χ1) is 8.49. The van der Waals surface area contributed by atoms with E-state index in [0.29, 0.717) is 6.42 Å². The van der Waals surface area contributed by atoms with E-state index in [2.05, 4.69) is 5.32 Å². The van der Waals surface area contributed by atoms with Gasteiger partial charge in [0.2, 0.25) is 5.91 Å². The number of aromatic hydroxyl groups is 1. The summed E-state index contributed by atoms with van der Waals surface area (Å²) in [5.74, 6) is -0.0257. The Morgan fingerprint density at radius 2 is 1.89 bits per heavy atom. The highest BCUT2D eigenvalue weighted by Crippen LogP contribution is 2.13. The summed E-state index contributed by atoms with van der Waals surface area (Å²) in [7, 11) is 0. The standard InChI is InChI=1S/C14H19NO3/c1-10(14(18)15-9-11(2)16)3-4-12-5-7-13(17)8-6-12/h5-8,10,17H,3-4,9H2,1-2H3,(H,15,18). The van der Waals surface area contributed by atoms with Gasteiger partial charge in [-0.05, 0) is 37.5 Å². The van der Waals surface area contributed by atoms with E-state index in [1.807, 2.05) is 19.1 Å². The van der Waals surface area contributed by atoms with Crippen molar-refractivity contribution in [3.05, 3.63) is 29.8 Å². The van der Waals surface area contributed by atoms with Gasteiger partial charge in [-0.3, -0.25) is 9.59 Å². The van der Waals surface area contributed by atoms with Crippen LogP contribution in [0.1, 0.15) is 25.8 Å². The number of carbonyl (C=O) groups is 2. The number of phenolic OH excluding ortho intramolecular Hbond substituents is 1. The van der Waals surface area contributed by atoms with Crippen molar-refractivity contribution in [3.8, 4) is 5.75 Å². The topological polar surface area (TPSA) is 66.4 Å². The average molecular weight is 249 g/mol. The predicted octanol–water partition coefficient (Wildman–Crippen LogP) is 1.67. The van der Waals surface area contributed by atoms with Crippen LogP contribution < -0.4 is 5.32 Å². The summed E-state index contributed by atoms with van der Waals surface area (Å²) in [4.78, 5) is 22.4. The highest BCUT2D eigenvalue weighted by Gasteiger charge is 2.12. The molecule has 0 fully saturated rings. The van der Waals surface area contributed by atoms with E-state index < -0.39 is 0 Å². The van der Waals surface area contributed by atoms with Gasteiger partial charge in [-0.25, -0.2) is 0 Å². The summed E-state index contributed by atoms with van der Waals surface area (Å²) < 4.78 is 0. The molecule has 4 heteroatoms. The highest BCUT2D eigenvalue weighted by atomic mass is 16.3. The number of hydrogen-bond donors (Lipinski definition) is 2. The third kappa shape index (κ3) is 4.99. The van der Waals surface area contributed by atoms with E-state index in [0.717, 1.165) is 12.0 Å². The van der Waals surface area contributed by atoms with Crippen LogP contribution in [-0.2, 0) is 16.0 Å². The molecule has 0 aliphatic rings. The van der Waals surface area contributed by atoms with Crippen LogP contribution in [0.25, 0.3) is 0 Å². The molecule has 0 heterocycles. The summed E-state index contributed by atoms with van der Waals surface area (Å²) in [6, 6.07) is 6.96. The van der Waals surface area contributed by atoms with Crippen molar-refractivity contribution in [1.29, 1.82) is 0 Å². The lowest BCUT2D eigenvalue weighted by Gasteiger charge is -2.11. The van der Waals surface area contributed by atoms with Gasteiger partial charge in [0.05, 0.1) is 6.54 Å². The van der Waals surface area contributed by atoms with Crippen molar-refractivity contribution < 1.29 is 14.7 Å². The molecule has 0 aromatic heterocycles. The maximum absolute atomic E-state index is 11.6. The van der Waals surface area contributed by atoms with Crippen LogP contribution in [0.3, 0.4) is 0 Å². The molecule has 1 aromatic carbocycles. The lowest BCUT2D eigenvalue weighted by Crippen LogP contribution is -2.32. The molecule has 1 unspecified atom stereocenters. The van der Waals surface area contributed by atoms with Gasteiger partial charge in [0.1, 0.15) is 11.5 Å². The Hall–Kier alpha value is -1.84. The maximum atomic E-state index is 11.6. The number of Topliss-reactive ketones (excluding diaryl/α,β-unsaturated/α-hetero) is 1. The van der Waals surface area contributed by atoms with E-state index in [4.69, 9.17) is 5.11 Å². The van der Waals surface area contributed by atoms with Crippen molar-refractivity contribution in [2.24, 2.45) is 5.92 Å². The number of ketones is 1. The zero-order valence-electron chi connectivity index (χ0n) is 10.8. The van der Waals surface area contributed by atoms with E-state index in [1.54, 1.807) is 12.1 Å². The molecule has 1 rings (SSSR count). The fourth-order valence-corrected chi connectivity index (χ4v) is 1.56. The van der Waals surface area contributed by atoms with Crippen LogP contribution in [0.5, 0.6) is 5.75 Å². The van der Waals surface area contributed by atoms with Crippen LogP contribution in [-0.4, -0.2) is 23.3 Å². The quantitative estimate of drug-likeness (QED) is 0.806. The summed E-state index contributed by atoms with van der Waals surface area (Å²) in [6.07, 6.45) is 1.49. The van der Waals surface area contributed by atoms with Gasteiger partial charge in [-0.15, -0.1) is 0 Å². The Morgan fingerprint density at radius 1 is 1.28 bits per heavy atom. The van der Waals surface area contributed by atoms with Crippen molar-refractivity contribution in [2.45, 2.75) is 26.7 Å². The first-order valence-electron chi connectivity index (χ1n) is 6.04. The van der Waals surface area contributed by atoms with Crippen molar-refractivity contribution in [3.63, 3.8) is 0 Å². The normalized spacial score (nSPS) is 11.9. The molecule has 18 heavy (non-hydrogen) atoms. The molecular weight excluding hydrogens is 230 g/mol. The lowest BCUT2D eigenvalue weighted by molar-refractivity contribution is -0.127. The number of amides is 1. The van der Waals surface area contributed by atoms with Gasteiger partial charge in [-0.2, -0.15) is 0 Å². The van der Waals surface area contributed by atoms with Crippen LogP contribution in [0, 0.1) is 5.92 Å². The predicted molar refractivity (Wildman–Crippen MR) is 69.3 cm³/mol. The molecule has 0 aliphatic heterocycles. The Balaban J connectivity index is 2.36. The van der Waals surface area contributed by atoms with Crippen LogP contribution in [0.4, 0.5) is 0 Å². The van der Waals surface area contributed by atoms with Crippen molar-refractivity contribution in [1.82, 2.24) is 5.32 Å². The Labute approximate surface area is 107 Å². The van der Waals surface area contributed by atoms with Gasteiger partial charge < -0.3 is 10.4 Å². The van der Waals surface area contributed by atoms with Gasteiger partial charge in [0, 0.05) is 5.92 Å². The third-order valence-electron chi connectivity index (χ3n) is 2.76. The second-order valence-corrected chi connectivity index (χ2v) is 4.53. The molecule has 1 amide bonds. The number of rotatable bonds is 6. The second kappa shape index (κ2) is 6.79. The SMILES string of the molecule is CC(=O)CNC(=O)C(C)CCc1ccc(O)cc1. The van der Waals surface area contributed by atoms with Crippen LogP contribution in [0.15, 0.2) is 24.3 Å². The van der Waals surface area contributed by atoms with Gasteiger partial charge in [0.25, 0.3) is 0 Å². The zero-order valence-corrected chi connectivity index (χ0v) is 10.8.